The number of hydrogen-bond donors (Lipinski definition) is 6. The van der Waals surface area contributed by atoms with Crippen LogP contribution in [-0.2, 0) is 16.0 Å². The molecule has 1 heterocycles. The van der Waals surface area contributed by atoms with Crippen molar-refractivity contribution in [3.8, 4) is 0 Å². The zero-order valence-corrected chi connectivity index (χ0v) is 24.9. The highest BCUT2D eigenvalue weighted by Crippen LogP contribution is 2.36. The number of halogens is 2. The van der Waals surface area contributed by atoms with Gasteiger partial charge in [-0.3, -0.25) is 9.59 Å². The van der Waals surface area contributed by atoms with Crippen LogP contribution in [0.1, 0.15) is 53.2 Å². The Hall–Kier alpha value is -5.10. The fourth-order valence-corrected chi connectivity index (χ4v) is 5.78. The summed E-state index contributed by atoms with van der Waals surface area (Å²) < 4.78 is 14.4. The Balaban J connectivity index is 1.43. The molecule has 13 heteroatoms. The number of nitrogens with one attached hydrogen (secondary N) is 4. The molecule has 45 heavy (non-hydrogen) atoms. The molecule has 5 rings (SSSR count). The van der Waals surface area contributed by atoms with E-state index >= 15 is 0 Å². The van der Waals surface area contributed by atoms with Crippen LogP contribution in [0.5, 0.6) is 0 Å². The molecule has 0 bridgehead atoms. The molecule has 1 aliphatic carbocycles. The van der Waals surface area contributed by atoms with Crippen LogP contribution in [-0.4, -0.2) is 46.4 Å². The highest BCUT2D eigenvalue weighted by atomic mass is 35.5. The summed E-state index contributed by atoms with van der Waals surface area (Å²) in [5.41, 5.74) is 7.90. The number of urea groups is 1. The first-order valence-electron chi connectivity index (χ1n) is 14.4. The van der Waals surface area contributed by atoms with Crippen molar-refractivity contribution in [2.45, 2.75) is 44.2 Å². The van der Waals surface area contributed by atoms with Gasteiger partial charge < -0.3 is 37.0 Å². The average Bonchev–Trinajstić information content (AvgIpc) is 3.54. The zero-order valence-electron chi connectivity index (χ0n) is 24.1. The van der Waals surface area contributed by atoms with E-state index in [-0.39, 0.29) is 40.6 Å². The minimum Gasteiger partial charge on any atom is -0.478 e. The summed E-state index contributed by atoms with van der Waals surface area (Å²) in [5, 5.41) is 20.4. The number of anilines is 3. The average molecular weight is 635 g/mol. The number of benzene rings is 3. The second-order valence-electron chi connectivity index (χ2n) is 10.8. The van der Waals surface area contributed by atoms with E-state index < -0.39 is 29.6 Å². The number of nitrogens with zero attached hydrogens (tertiary/aromatic N) is 1. The Morgan fingerprint density at radius 1 is 0.956 bits per heavy atom. The molecule has 0 aromatic heterocycles. The summed E-state index contributed by atoms with van der Waals surface area (Å²) >= 11 is 5.85. The van der Waals surface area contributed by atoms with Crippen molar-refractivity contribution in [1.82, 2.24) is 10.2 Å². The van der Waals surface area contributed by atoms with Crippen molar-refractivity contribution in [3.05, 3.63) is 100 Å². The number of nitrogens with two attached hydrogens (primary N) is 1. The smallest absolute Gasteiger partial charge is 0.335 e. The van der Waals surface area contributed by atoms with Gasteiger partial charge in [0, 0.05) is 30.2 Å². The SMILES string of the molecule is N/C(=C\Nc1cccc(Cl)c1F)C(=O)N1CCc2c(NC(=O)NC3CCCC3)cccc2C1C(=O)Nc1ccc(C(=O)O)cc1. The number of aromatic carboxylic acids is 1. The number of carbonyl (C=O) groups excluding carboxylic acids is 3. The number of amides is 4. The number of carbonyl (C=O) groups is 4. The lowest BCUT2D eigenvalue weighted by Gasteiger charge is -2.37. The van der Waals surface area contributed by atoms with Gasteiger partial charge >= 0.3 is 12.0 Å². The molecule has 234 valence electrons. The minimum atomic E-state index is -1.17. The maximum atomic E-state index is 14.4. The molecule has 2 aliphatic rings. The van der Waals surface area contributed by atoms with E-state index in [2.05, 4.69) is 21.3 Å². The lowest BCUT2D eigenvalue weighted by atomic mass is 9.90. The number of carboxylic acid groups (broad SMARTS) is 1. The molecule has 1 fully saturated rings. The van der Waals surface area contributed by atoms with Crippen LogP contribution in [0.25, 0.3) is 0 Å². The first-order chi connectivity index (χ1) is 21.6. The van der Waals surface area contributed by atoms with Crippen LogP contribution in [0.4, 0.5) is 26.2 Å². The lowest BCUT2D eigenvalue weighted by molar-refractivity contribution is -0.136. The third-order valence-electron chi connectivity index (χ3n) is 7.85. The van der Waals surface area contributed by atoms with Crippen LogP contribution < -0.4 is 27.0 Å². The van der Waals surface area contributed by atoms with Crippen molar-refractivity contribution < 1.29 is 28.7 Å². The Bertz CT molecular complexity index is 1660. The van der Waals surface area contributed by atoms with Crippen LogP contribution in [0, 0.1) is 5.82 Å². The topological polar surface area (TPSA) is 166 Å². The van der Waals surface area contributed by atoms with Crippen molar-refractivity contribution in [2.24, 2.45) is 5.73 Å². The predicted molar refractivity (Wildman–Crippen MR) is 168 cm³/mol. The lowest BCUT2D eigenvalue weighted by Crippen LogP contribution is -2.47. The van der Waals surface area contributed by atoms with Crippen LogP contribution in [0.3, 0.4) is 0 Å². The molecule has 0 saturated heterocycles. The third kappa shape index (κ3) is 7.18. The molecule has 3 aromatic rings. The van der Waals surface area contributed by atoms with Gasteiger partial charge in [-0.2, -0.15) is 0 Å². The summed E-state index contributed by atoms with van der Waals surface area (Å²) in [6.07, 6.45) is 5.40. The van der Waals surface area contributed by atoms with E-state index in [1.807, 2.05) is 0 Å². The largest absolute Gasteiger partial charge is 0.478 e. The predicted octanol–water partition coefficient (Wildman–Crippen LogP) is 5.22. The first kappa shape index (κ1) is 31.3. The van der Waals surface area contributed by atoms with Crippen molar-refractivity contribution >= 4 is 52.5 Å². The fourth-order valence-electron chi connectivity index (χ4n) is 5.61. The quantitative estimate of drug-likeness (QED) is 0.185. The molecule has 0 radical (unpaired) electrons. The van der Waals surface area contributed by atoms with Crippen molar-refractivity contribution in [3.63, 3.8) is 0 Å². The van der Waals surface area contributed by atoms with Gasteiger partial charge in [-0.15, -0.1) is 0 Å². The van der Waals surface area contributed by atoms with Gasteiger partial charge in [0.25, 0.3) is 11.8 Å². The molecule has 1 aliphatic heterocycles. The highest BCUT2D eigenvalue weighted by Gasteiger charge is 2.38. The second-order valence-corrected chi connectivity index (χ2v) is 11.2. The number of hydrogen-bond acceptors (Lipinski definition) is 6. The maximum absolute atomic E-state index is 14.4. The van der Waals surface area contributed by atoms with E-state index in [0.717, 1.165) is 31.9 Å². The highest BCUT2D eigenvalue weighted by molar-refractivity contribution is 6.31. The Kier molecular flexibility index (Phi) is 9.53. The summed E-state index contributed by atoms with van der Waals surface area (Å²) in [5.74, 6) is -3.10. The van der Waals surface area contributed by atoms with Gasteiger partial charge in [0.2, 0.25) is 0 Å². The van der Waals surface area contributed by atoms with Gasteiger partial charge in [-0.05, 0) is 72.9 Å². The second kappa shape index (κ2) is 13.7. The Morgan fingerprint density at radius 3 is 2.36 bits per heavy atom. The molecule has 1 saturated carbocycles. The van der Waals surface area contributed by atoms with Crippen molar-refractivity contribution in [2.75, 3.05) is 22.5 Å². The minimum absolute atomic E-state index is 0.00735. The van der Waals surface area contributed by atoms with Gasteiger partial charge in [0.15, 0.2) is 5.82 Å². The molecule has 1 unspecified atom stereocenters. The molecule has 3 aromatic carbocycles. The van der Waals surface area contributed by atoms with Crippen molar-refractivity contribution in [1.29, 1.82) is 0 Å². The normalized spacial score (nSPS) is 16.4. The fraction of sp³-hybridized carbons (Fsp3) is 0.250. The Labute approximate surface area is 263 Å². The van der Waals surface area contributed by atoms with E-state index in [9.17, 15) is 28.7 Å². The summed E-state index contributed by atoms with van der Waals surface area (Å²) in [4.78, 5) is 52.9. The van der Waals surface area contributed by atoms with E-state index in [0.29, 0.717) is 28.9 Å². The van der Waals surface area contributed by atoms with E-state index in [1.54, 1.807) is 18.2 Å². The molecular formula is C32H32ClFN6O5. The molecule has 7 N–H and O–H groups in total. The van der Waals surface area contributed by atoms with Gasteiger partial charge in [0.05, 0.1) is 16.3 Å². The third-order valence-corrected chi connectivity index (χ3v) is 8.14. The zero-order chi connectivity index (χ0) is 32.1. The van der Waals surface area contributed by atoms with E-state index in [1.165, 1.54) is 47.4 Å². The van der Waals surface area contributed by atoms with Gasteiger partial charge in [-0.25, -0.2) is 14.0 Å². The number of fused-ring (bicyclic) bond motifs is 1. The monoisotopic (exact) mass is 634 g/mol. The molecule has 4 amide bonds. The molecule has 0 spiro atoms. The summed E-state index contributed by atoms with van der Waals surface area (Å²) in [6, 6.07) is 13.6. The summed E-state index contributed by atoms with van der Waals surface area (Å²) in [6.45, 7) is 0.0743. The molecule has 1 atom stereocenters. The first-order valence-corrected chi connectivity index (χ1v) is 14.8. The molecular weight excluding hydrogens is 603 g/mol. The van der Waals surface area contributed by atoms with Gasteiger partial charge in [-0.1, -0.05) is 42.6 Å². The Morgan fingerprint density at radius 2 is 1.64 bits per heavy atom. The standard InChI is InChI=1S/C32H32ClFN6O5/c33-23-8-4-10-26(27(23)34)36-17-24(35)30(42)40-16-15-21-22(7-3-9-25(21)39-32(45)38-19-5-1-2-6-19)28(40)29(41)37-20-13-11-18(12-14-20)31(43)44/h3-4,7-14,17,19,28,36H,1-2,5-6,15-16,35H2,(H,37,41)(H,43,44)(H2,38,39,45)/b24-17-. The van der Waals surface area contributed by atoms with Crippen LogP contribution >= 0.6 is 11.6 Å². The summed E-state index contributed by atoms with van der Waals surface area (Å²) in [7, 11) is 0. The van der Waals surface area contributed by atoms with Crippen LogP contribution in [0.2, 0.25) is 5.02 Å². The number of carboxylic acids is 1. The maximum Gasteiger partial charge on any atom is 0.335 e. The molecule has 11 nitrogen and oxygen atoms in total. The van der Waals surface area contributed by atoms with Gasteiger partial charge in [0.1, 0.15) is 11.7 Å². The van der Waals surface area contributed by atoms with Crippen LogP contribution in [0.15, 0.2) is 72.6 Å². The number of rotatable bonds is 8. The van der Waals surface area contributed by atoms with E-state index in [4.69, 9.17) is 17.3 Å².